The van der Waals surface area contributed by atoms with E-state index < -0.39 is 17.7 Å². The number of pyridine rings is 1. The van der Waals surface area contributed by atoms with Gasteiger partial charge in [0.05, 0.1) is 0 Å². The van der Waals surface area contributed by atoms with Crippen LogP contribution in [0.1, 0.15) is 5.69 Å². The fourth-order valence-electron chi connectivity index (χ4n) is 0.551. The molecule has 1 rings (SSSR count). The molecule has 0 aliphatic heterocycles. The minimum absolute atomic E-state index is 0.593. The van der Waals surface area contributed by atoms with Crippen molar-refractivity contribution in [1.29, 1.82) is 0 Å². The highest BCUT2D eigenvalue weighted by Crippen LogP contribution is 2.28. The van der Waals surface area contributed by atoms with Crippen LogP contribution in [0.3, 0.4) is 0 Å². The van der Waals surface area contributed by atoms with Gasteiger partial charge in [-0.3, -0.25) is 0 Å². The minimum atomic E-state index is -4.72. The van der Waals surface area contributed by atoms with Gasteiger partial charge in [0.2, 0.25) is 0 Å². The van der Waals surface area contributed by atoms with Gasteiger partial charge in [0, 0.05) is 12.3 Å². The molecule has 5 heteroatoms. The van der Waals surface area contributed by atoms with E-state index in [-0.39, 0.29) is 0 Å². The van der Waals surface area contributed by atoms with Crippen LogP contribution in [-0.4, -0.2) is 4.98 Å². The summed E-state index contributed by atoms with van der Waals surface area (Å²) in [6, 6.07) is 2.68. The first-order valence-electron chi connectivity index (χ1n) is 2.60. The zero-order valence-corrected chi connectivity index (χ0v) is 5.11. The van der Waals surface area contributed by atoms with Crippen molar-refractivity contribution in [2.45, 2.75) is 6.18 Å². The fourth-order valence-corrected chi connectivity index (χ4v) is 0.551. The van der Waals surface area contributed by atoms with E-state index in [2.05, 4.69) is 11.1 Å². The molecule has 0 spiro atoms. The van der Waals surface area contributed by atoms with E-state index in [1.165, 1.54) is 0 Å². The number of nitrogens with zero attached hydrogens (tertiary/aromatic N) is 1. The molecule has 0 aliphatic rings. The molecule has 1 heterocycles. The highest BCUT2D eigenvalue weighted by molar-refractivity contribution is 5.09. The van der Waals surface area contributed by atoms with Crippen molar-refractivity contribution in [3.63, 3.8) is 0 Å². The predicted octanol–water partition coefficient (Wildman–Crippen LogP) is 2.04. The molecule has 11 heavy (non-hydrogen) atoms. The summed E-state index contributed by atoms with van der Waals surface area (Å²) < 4.78 is 47.5. The molecular formula is C6H2F4N. The Labute approximate surface area is 59.7 Å². The summed E-state index contributed by atoms with van der Waals surface area (Å²) in [7, 11) is 0. The molecule has 0 amide bonds. The van der Waals surface area contributed by atoms with E-state index in [4.69, 9.17) is 0 Å². The van der Waals surface area contributed by atoms with Crippen LogP contribution in [0.25, 0.3) is 0 Å². The number of alkyl halides is 3. The Morgan fingerprint density at radius 2 is 2.00 bits per heavy atom. The summed E-state index contributed by atoms with van der Waals surface area (Å²) in [5, 5.41) is 0. The lowest BCUT2D eigenvalue weighted by molar-refractivity contribution is -0.143. The summed E-state index contributed by atoms with van der Waals surface area (Å²) in [6.07, 6.45) is -3.95. The van der Waals surface area contributed by atoms with E-state index in [9.17, 15) is 17.6 Å². The van der Waals surface area contributed by atoms with Crippen LogP contribution in [0.15, 0.2) is 12.3 Å². The second-order valence-corrected chi connectivity index (χ2v) is 1.76. The summed E-state index contributed by atoms with van der Waals surface area (Å²) in [5.74, 6) is -1.40. The van der Waals surface area contributed by atoms with E-state index in [0.29, 0.717) is 6.07 Å². The summed E-state index contributed by atoms with van der Waals surface area (Å²) in [5.41, 5.74) is -1.50. The Kier molecular flexibility index (Phi) is 1.80. The predicted molar refractivity (Wildman–Crippen MR) is 28.0 cm³/mol. The molecule has 0 fully saturated rings. The lowest BCUT2D eigenvalue weighted by Crippen LogP contribution is -2.10. The molecule has 1 radical (unpaired) electrons. The standard InChI is InChI=1S/C6H2F4N/c7-4-2-1-3-11-5(4)6(8,9)10/h2-3H. The number of rotatable bonds is 0. The van der Waals surface area contributed by atoms with Gasteiger partial charge < -0.3 is 0 Å². The van der Waals surface area contributed by atoms with E-state index >= 15 is 0 Å². The quantitative estimate of drug-likeness (QED) is 0.534. The van der Waals surface area contributed by atoms with Gasteiger partial charge in [-0.2, -0.15) is 13.2 Å². The Morgan fingerprint density at radius 3 is 2.36 bits per heavy atom. The van der Waals surface area contributed by atoms with Crippen molar-refractivity contribution in [3.05, 3.63) is 29.8 Å². The first kappa shape index (κ1) is 7.97. The molecule has 0 N–H and O–H groups in total. The molecule has 1 aromatic rings. The highest BCUT2D eigenvalue weighted by Gasteiger charge is 2.35. The molecular weight excluding hydrogens is 162 g/mol. The number of hydrogen-bond donors (Lipinski definition) is 0. The van der Waals surface area contributed by atoms with Crippen molar-refractivity contribution < 1.29 is 17.6 Å². The third-order valence-electron chi connectivity index (χ3n) is 0.973. The smallest absolute Gasteiger partial charge is 0.248 e. The molecule has 59 valence electrons. The molecule has 0 aliphatic carbocycles. The Morgan fingerprint density at radius 1 is 1.36 bits per heavy atom. The molecule has 0 atom stereocenters. The Bertz CT molecular complexity index is 255. The summed E-state index contributed by atoms with van der Waals surface area (Å²) >= 11 is 0. The molecule has 1 aromatic heterocycles. The van der Waals surface area contributed by atoms with Crippen molar-refractivity contribution in [1.82, 2.24) is 4.98 Å². The molecule has 1 nitrogen and oxygen atoms in total. The number of aromatic nitrogens is 1. The second-order valence-electron chi connectivity index (χ2n) is 1.76. The van der Waals surface area contributed by atoms with Crippen molar-refractivity contribution in [2.75, 3.05) is 0 Å². The normalized spacial score (nSPS) is 11.6. The minimum Gasteiger partial charge on any atom is -0.248 e. The monoisotopic (exact) mass is 164 g/mol. The summed E-state index contributed by atoms with van der Waals surface area (Å²) in [4.78, 5) is 2.79. The third-order valence-corrected chi connectivity index (χ3v) is 0.973. The Balaban J connectivity index is 3.14. The second kappa shape index (κ2) is 2.48. The molecule has 0 saturated heterocycles. The Hall–Kier alpha value is -1.13. The first-order valence-corrected chi connectivity index (χ1v) is 2.60. The van der Waals surface area contributed by atoms with Crippen LogP contribution in [0.5, 0.6) is 0 Å². The van der Waals surface area contributed by atoms with Gasteiger partial charge in [-0.05, 0) is 6.07 Å². The van der Waals surface area contributed by atoms with E-state index in [1.807, 2.05) is 0 Å². The van der Waals surface area contributed by atoms with Gasteiger partial charge in [-0.25, -0.2) is 9.37 Å². The zero-order valence-electron chi connectivity index (χ0n) is 5.11. The van der Waals surface area contributed by atoms with Crippen LogP contribution in [-0.2, 0) is 6.18 Å². The molecule has 0 saturated carbocycles. The first-order chi connectivity index (χ1) is 5.02. The van der Waals surface area contributed by atoms with Crippen LogP contribution >= 0.6 is 0 Å². The van der Waals surface area contributed by atoms with Crippen LogP contribution in [0.2, 0.25) is 0 Å². The van der Waals surface area contributed by atoms with E-state index in [0.717, 1.165) is 6.20 Å². The van der Waals surface area contributed by atoms with Gasteiger partial charge >= 0.3 is 6.18 Å². The van der Waals surface area contributed by atoms with Crippen molar-refractivity contribution >= 4 is 0 Å². The lowest BCUT2D eigenvalue weighted by atomic mass is 10.3. The van der Waals surface area contributed by atoms with Gasteiger partial charge in [0.15, 0.2) is 11.5 Å². The maximum atomic E-state index is 12.3. The third kappa shape index (κ3) is 1.66. The largest absolute Gasteiger partial charge is 0.436 e. The molecule has 0 aromatic carbocycles. The molecule has 0 unspecified atom stereocenters. The fraction of sp³-hybridized carbons (Fsp3) is 0.167. The topological polar surface area (TPSA) is 12.9 Å². The van der Waals surface area contributed by atoms with Crippen LogP contribution in [0.4, 0.5) is 17.6 Å². The SMILES string of the molecule is Fc1c[c]cnc1C(F)(F)F. The summed E-state index contributed by atoms with van der Waals surface area (Å²) in [6.45, 7) is 0. The van der Waals surface area contributed by atoms with Crippen molar-refractivity contribution in [2.24, 2.45) is 0 Å². The van der Waals surface area contributed by atoms with Crippen LogP contribution < -0.4 is 0 Å². The van der Waals surface area contributed by atoms with Crippen molar-refractivity contribution in [3.8, 4) is 0 Å². The maximum Gasteiger partial charge on any atom is 0.436 e. The van der Waals surface area contributed by atoms with Gasteiger partial charge in [-0.1, -0.05) is 0 Å². The number of hydrogen-bond acceptors (Lipinski definition) is 1. The molecule has 0 bridgehead atoms. The van der Waals surface area contributed by atoms with Gasteiger partial charge in [0.1, 0.15) is 0 Å². The highest BCUT2D eigenvalue weighted by atomic mass is 19.4. The van der Waals surface area contributed by atoms with E-state index in [1.54, 1.807) is 0 Å². The number of halogens is 4. The lowest BCUT2D eigenvalue weighted by Gasteiger charge is -2.04. The average molecular weight is 164 g/mol. The zero-order chi connectivity index (χ0) is 8.48. The maximum absolute atomic E-state index is 12.3. The van der Waals surface area contributed by atoms with Crippen LogP contribution in [0, 0.1) is 11.9 Å². The average Bonchev–Trinajstić information content (AvgIpc) is 1.86. The van der Waals surface area contributed by atoms with Gasteiger partial charge in [0.25, 0.3) is 0 Å². The van der Waals surface area contributed by atoms with Gasteiger partial charge in [-0.15, -0.1) is 0 Å².